The maximum Gasteiger partial charge on any atom is 0.139 e. The maximum atomic E-state index is 5.85. The van der Waals surface area contributed by atoms with Gasteiger partial charge in [0, 0.05) is 19.5 Å². The SMILES string of the molecule is COCC(C)N(C)c1nc2ccccc2cc1C(N)=S. The van der Waals surface area contributed by atoms with Crippen LogP contribution in [0.2, 0.25) is 0 Å². The van der Waals surface area contributed by atoms with E-state index in [-0.39, 0.29) is 6.04 Å². The van der Waals surface area contributed by atoms with Gasteiger partial charge in [-0.05, 0) is 19.1 Å². The highest BCUT2D eigenvalue weighted by Gasteiger charge is 2.17. The summed E-state index contributed by atoms with van der Waals surface area (Å²) >= 11 is 5.16. The Bertz CT molecular complexity index is 630. The van der Waals surface area contributed by atoms with E-state index in [9.17, 15) is 0 Å². The molecule has 0 spiro atoms. The van der Waals surface area contributed by atoms with Crippen molar-refractivity contribution in [3.05, 3.63) is 35.9 Å². The molecule has 0 saturated carbocycles. The fourth-order valence-corrected chi connectivity index (χ4v) is 2.27. The number of benzene rings is 1. The molecule has 1 atom stereocenters. The van der Waals surface area contributed by atoms with Crippen LogP contribution in [0.1, 0.15) is 12.5 Å². The Labute approximate surface area is 124 Å². The Morgan fingerprint density at radius 1 is 1.45 bits per heavy atom. The molecule has 0 aliphatic carbocycles. The van der Waals surface area contributed by atoms with E-state index < -0.39 is 0 Å². The molecule has 4 nitrogen and oxygen atoms in total. The van der Waals surface area contributed by atoms with E-state index in [0.717, 1.165) is 22.3 Å². The molecule has 0 aliphatic rings. The molecule has 0 bridgehead atoms. The topological polar surface area (TPSA) is 51.4 Å². The number of rotatable bonds is 5. The second-order valence-corrected chi connectivity index (χ2v) is 5.27. The fraction of sp³-hybridized carbons (Fsp3) is 0.333. The molecule has 1 heterocycles. The van der Waals surface area contributed by atoms with Gasteiger partial charge in [0.2, 0.25) is 0 Å². The summed E-state index contributed by atoms with van der Waals surface area (Å²) in [6.45, 7) is 2.69. The number of thiocarbonyl (C=S) groups is 1. The van der Waals surface area contributed by atoms with E-state index in [1.165, 1.54) is 0 Å². The summed E-state index contributed by atoms with van der Waals surface area (Å²) in [5.74, 6) is 0.792. The first-order valence-electron chi connectivity index (χ1n) is 6.46. The highest BCUT2D eigenvalue weighted by atomic mass is 32.1. The summed E-state index contributed by atoms with van der Waals surface area (Å²) < 4.78 is 5.20. The Morgan fingerprint density at radius 2 is 2.15 bits per heavy atom. The molecule has 20 heavy (non-hydrogen) atoms. The lowest BCUT2D eigenvalue weighted by atomic mass is 10.1. The molecule has 106 valence electrons. The maximum absolute atomic E-state index is 5.85. The van der Waals surface area contributed by atoms with Gasteiger partial charge in [0.1, 0.15) is 10.8 Å². The van der Waals surface area contributed by atoms with E-state index in [2.05, 4.69) is 6.92 Å². The first kappa shape index (κ1) is 14.7. The summed E-state index contributed by atoms with van der Waals surface area (Å²) in [6.07, 6.45) is 0. The zero-order chi connectivity index (χ0) is 14.7. The van der Waals surface area contributed by atoms with Crippen LogP contribution < -0.4 is 10.6 Å². The minimum atomic E-state index is 0.182. The lowest BCUT2D eigenvalue weighted by Crippen LogP contribution is -2.34. The average molecular weight is 289 g/mol. The van der Waals surface area contributed by atoms with Gasteiger partial charge in [-0.25, -0.2) is 4.98 Å². The van der Waals surface area contributed by atoms with E-state index in [0.29, 0.717) is 11.6 Å². The molecule has 2 N–H and O–H groups in total. The van der Waals surface area contributed by atoms with E-state index in [1.54, 1.807) is 7.11 Å². The Kier molecular flexibility index (Phi) is 4.52. The number of para-hydroxylation sites is 1. The molecule has 1 aromatic carbocycles. The molecule has 1 aromatic heterocycles. The quantitative estimate of drug-likeness (QED) is 0.856. The third-order valence-corrected chi connectivity index (χ3v) is 3.59. The van der Waals surface area contributed by atoms with E-state index in [1.807, 2.05) is 42.3 Å². The Morgan fingerprint density at radius 3 is 2.80 bits per heavy atom. The minimum absolute atomic E-state index is 0.182. The second-order valence-electron chi connectivity index (χ2n) is 4.83. The predicted molar refractivity (Wildman–Crippen MR) is 87.4 cm³/mol. The van der Waals surface area contributed by atoms with Crippen LogP contribution in [0.4, 0.5) is 5.82 Å². The predicted octanol–water partition coefficient (Wildman–Crippen LogP) is 2.34. The van der Waals surface area contributed by atoms with Gasteiger partial charge in [-0.2, -0.15) is 0 Å². The van der Waals surface area contributed by atoms with Crippen molar-refractivity contribution in [2.24, 2.45) is 5.73 Å². The third kappa shape index (κ3) is 2.89. The number of nitrogens with zero attached hydrogens (tertiary/aromatic N) is 2. The van der Waals surface area contributed by atoms with E-state index >= 15 is 0 Å². The number of anilines is 1. The van der Waals surface area contributed by atoms with Crippen LogP contribution in [0.3, 0.4) is 0 Å². The van der Waals surface area contributed by atoms with Crippen LogP contribution >= 0.6 is 12.2 Å². The van der Waals surface area contributed by atoms with Crippen molar-refractivity contribution in [1.82, 2.24) is 4.98 Å². The van der Waals surface area contributed by atoms with Gasteiger partial charge in [0.25, 0.3) is 0 Å². The monoisotopic (exact) mass is 289 g/mol. The van der Waals surface area contributed by atoms with Crippen LogP contribution in [0, 0.1) is 0 Å². The van der Waals surface area contributed by atoms with Crippen LogP contribution in [-0.4, -0.2) is 36.8 Å². The van der Waals surface area contributed by atoms with Crippen LogP contribution in [0.15, 0.2) is 30.3 Å². The number of fused-ring (bicyclic) bond motifs is 1. The van der Waals surface area contributed by atoms with Crippen LogP contribution in [0.5, 0.6) is 0 Å². The number of methoxy groups -OCH3 is 1. The van der Waals surface area contributed by atoms with Gasteiger partial charge in [-0.1, -0.05) is 30.4 Å². The number of hydrogen-bond donors (Lipinski definition) is 1. The number of ether oxygens (including phenoxy) is 1. The second kappa shape index (κ2) is 6.15. The van der Waals surface area contributed by atoms with E-state index in [4.69, 9.17) is 27.7 Å². The lowest BCUT2D eigenvalue weighted by Gasteiger charge is -2.27. The van der Waals surface area contributed by atoms with Gasteiger partial charge < -0.3 is 15.4 Å². The average Bonchev–Trinajstić information content (AvgIpc) is 2.45. The van der Waals surface area contributed by atoms with Gasteiger partial charge in [-0.3, -0.25) is 0 Å². The van der Waals surface area contributed by atoms with Crippen LogP contribution in [-0.2, 0) is 4.74 Å². The molecular formula is C15H19N3OS. The smallest absolute Gasteiger partial charge is 0.139 e. The molecule has 0 saturated heterocycles. The molecular weight excluding hydrogens is 270 g/mol. The van der Waals surface area contributed by atoms with Crippen molar-refractivity contribution in [3.63, 3.8) is 0 Å². The molecule has 0 aliphatic heterocycles. The van der Waals surface area contributed by atoms with Gasteiger partial charge >= 0.3 is 0 Å². The minimum Gasteiger partial charge on any atom is -0.389 e. The zero-order valence-corrected chi connectivity index (χ0v) is 12.8. The van der Waals surface area contributed by atoms with Gasteiger partial charge in [-0.15, -0.1) is 0 Å². The molecule has 2 aromatic rings. The Balaban J connectivity index is 2.54. The molecule has 0 radical (unpaired) electrons. The summed E-state index contributed by atoms with van der Waals surface area (Å²) in [7, 11) is 3.66. The van der Waals surface area contributed by atoms with Crippen molar-refractivity contribution in [2.45, 2.75) is 13.0 Å². The van der Waals surface area contributed by atoms with Crippen molar-refractivity contribution < 1.29 is 4.74 Å². The summed E-state index contributed by atoms with van der Waals surface area (Å²) in [4.78, 5) is 7.10. The first-order valence-corrected chi connectivity index (χ1v) is 6.86. The Hall–Kier alpha value is -1.72. The van der Waals surface area contributed by atoms with Crippen molar-refractivity contribution in [3.8, 4) is 0 Å². The summed E-state index contributed by atoms with van der Waals surface area (Å²) in [6, 6.07) is 10.1. The van der Waals surface area contributed by atoms with Gasteiger partial charge in [0.15, 0.2) is 0 Å². The number of hydrogen-bond acceptors (Lipinski definition) is 4. The highest BCUT2D eigenvalue weighted by molar-refractivity contribution is 7.80. The first-order chi connectivity index (χ1) is 9.54. The molecule has 0 fully saturated rings. The summed E-state index contributed by atoms with van der Waals surface area (Å²) in [5, 5.41) is 1.03. The number of aromatic nitrogens is 1. The fourth-order valence-electron chi connectivity index (χ4n) is 2.12. The third-order valence-electron chi connectivity index (χ3n) is 3.37. The highest BCUT2D eigenvalue weighted by Crippen LogP contribution is 2.24. The lowest BCUT2D eigenvalue weighted by molar-refractivity contribution is 0.183. The zero-order valence-electron chi connectivity index (χ0n) is 12.0. The number of nitrogens with two attached hydrogens (primary N) is 1. The van der Waals surface area contributed by atoms with Crippen molar-refractivity contribution >= 4 is 33.9 Å². The normalized spacial score (nSPS) is 12.3. The van der Waals surface area contributed by atoms with Crippen LogP contribution in [0.25, 0.3) is 10.9 Å². The van der Waals surface area contributed by atoms with Crippen molar-refractivity contribution in [1.29, 1.82) is 0 Å². The largest absolute Gasteiger partial charge is 0.389 e. The summed E-state index contributed by atoms with van der Waals surface area (Å²) in [5.41, 5.74) is 7.58. The van der Waals surface area contributed by atoms with Crippen molar-refractivity contribution in [2.75, 3.05) is 25.7 Å². The molecule has 0 amide bonds. The number of likely N-dealkylation sites (N-methyl/N-ethyl adjacent to an activating group) is 1. The molecule has 2 rings (SSSR count). The number of pyridine rings is 1. The molecule has 5 heteroatoms. The standard InChI is InChI=1S/C15H19N3OS/c1-10(9-19-3)18(2)15-12(14(16)20)8-11-6-4-5-7-13(11)17-15/h4-8,10H,9H2,1-3H3,(H2,16,20). The van der Waals surface area contributed by atoms with Gasteiger partial charge in [0.05, 0.1) is 23.7 Å². The molecule has 1 unspecified atom stereocenters.